The van der Waals surface area contributed by atoms with Gasteiger partial charge in [-0.3, -0.25) is 4.40 Å². The summed E-state index contributed by atoms with van der Waals surface area (Å²) < 4.78 is 8.24. The number of ether oxygens (including phenoxy) is 1. The zero-order valence-corrected chi connectivity index (χ0v) is 15.0. The minimum absolute atomic E-state index is 0.498. The molecule has 4 aromatic rings. The highest BCUT2D eigenvalue weighted by molar-refractivity contribution is 5.86. The van der Waals surface area contributed by atoms with Gasteiger partial charge in [-0.25, -0.2) is 4.98 Å². The van der Waals surface area contributed by atoms with E-state index in [1.165, 1.54) is 16.7 Å². The van der Waals surface area contributed by atoms with Crippen LogP contribution in [-0.2, 0) is 6.61 Å². The van der Waals surface area contributed by atoms with Crippen molar-refractivity contribution >= 4 is 16.7 Å². The Labute approximate surface area is 147 Å². The van der Waals surface area contributed by atoms with E-state index in [4.69, 9.17) is 9.72 Å². The van der Waals surface area contributed by atoms with E-state index in [1.54, 1.807) is 0 Å². The molecule has 0 bridgehead atoms. The molecule has 0 radical (unpaired) electrons. The fourth-order valence-corrected chi connectivity index (χ4v) is 3.15. The third kappa shape index (κ3) is 2.64. The Kier molecular flexibility index (Phi) is 3.68. The third-order valence-corrected chi connectivity index (χ3v) is 4.78. The molecule has 4 nitrogen and oxygen atoms in total. The van der Waals surface area contributed by atoms with Gasteiger partial charge in [-0.2, -0.15) is 4.98 Å². The Morgan fingerprint density at radius 2 is 1.76 bits per heavy atom. The number of imidazole rings is 1. The van der Waals surface area contributed by atoms with Gasteiger partial charge in [0.15, 0.2) is 0 Å². The normalized spacial score (nSPS) is 11.4. The molecule has 4 rings (SSSR count). The smallest absolute Gasteiger partial charge is 0.238 e. The van der Waals surface area contributed by atoms with Crippen molar-refractivity contribution in [2.75, 3.05) is 0 Å². The molecule has 0 aliphatic carbocycles. The Morgan fingerprint density at radius 1 is 0.960 bits per heavy atom. The molecule has 126 valence electrons. The van der Waals surface area contributed by atoms with Crippen molar-refractivity contribution in [1.82, 2.24) is 14.4 Å². The van der Waals surface area contributed by atoms with E-state index in [-0.39, 0.29) is 0 Å². The SMILES string of the molecule is Cc1ccc2c(c1)c(OCc1ccccc1C)nc1nc(C)c(C)n12. The number of nitrogens with zero attached hydrogens (tertiary/aromatic N) is 3. The van der Waals surface area contributed by atoms with Crippen LogP contribution in [0, 0.1) is 27.7 Å². The van der Waals surface area contributed by atoms with Crippen LogP contribution in [0.15, 0.2) is 42.5 Å². The lowest BCUT2D eigenvalue weighted by Crippen LogP contribution is -2.03. The van der Waals surface area contributed by atoms with Crippen LogP contribution in [0.5, 0.6) is 5.88 Å². The minimum Gasteiger partial charge on any atom is -0.472 e. The average Bonchev–Trinajstić information content (AvgIpc) is 2.88. The lowest BCUT2D eigenvalue weighted by molar-refractivity contribution is 0.297. The summed E-state index contributed by atoms with van der Waals surface area (Å²) in [4.78, 5) is 9.29. The lowest BCUT2D eigenvalue weighted by Gasteiger charge is -2.12. The van der Waals surface area contributed by atoms with Crippen LogP contribution < -0.4 is 4.74 Å². The summed E-state index contributed by atoms with van der Waals surface area (Å²) in [5.74, 6) is 1.32. The fourth-order valence-electron chi connectivity index (χ4n) is 3.15. The first-order chi connectivity index (χ1) is 12.0. The van der Waals surface area contributed by atoms with Crippen molar-refractivity contribution in [3.05, 3.63) is 70.5 Å². The molecule has 0 N–H and O–H groups in total. The van der Waals surface area contributed by atoms with Gasteiger partial charge in [-0.1, -0.05) is 35.9 Å². The van der Waals surface area contributed by atoms with Crippen LogP contribution in [0.4, 0.5) is 0 Å². The first-order valence-corrected chi connectivity index (χ1v) is 8.48. The molecule has 2 aromatic heterocycles. The van der Waals surface area contributed by atoms with Gasteiger partial charge in [0.1, 0.15) is 6.61 Å². The molecule has 0 saturated carbocycles. The number of aryl methyl sites for hydroxylation is 4. The molecule has 0 unspecified atom stereocenters. The number of fused-ring (bicyclic) bond motifs is 3. The van der Waals surface area contributed by atoms with Gasteiger partial charge in [0, 0.05) is 5.69 Å². The van der Waals surface area contributed by atoms with Gasteiger partial charge in [0.05, 0.1) is 16.6 Å². The second-order valence-corrected chi connectivity index (χ2v) is 6.57. The van der Waals surface area contributed by atoms with Gasteiger partial charge in [0.2, 0.25) is 11.7 Å². The molecule has 0 fully saturated rings. The molecule has 2 aromatic carbocycles. The highest BCUT2D eigenvalue weighted by Gasteiger charge is 2.14. The summed E-state index contributed by atoms with van der Waals surface area (Å²) in [6.07, 6.45) is 0. The predicted molar refractivity (Wildman–Crippen MR) is 100 cm³/mol. The van der Waals surface area contributed by atoms with Crippen molar-refractivity contribution in [2.45, 2.75) is 34.3 Å². The molecule has 0 spiro atoms. The van der Waals surface area contributed by atoms with Crippen molar-refractivity contribution in [3.63, 3.8) is 0 Å². The number of aromatic nitrogens is 3. The highest BCUT2D eigenvalue weighted by atomic mass is 16.5. The van der Waals surface area contributed by atoms with Crippen LogP contribution >= 0.6 is 0 Å². The third-order valence-electron chi connectivity index (χ3n) is 4.78. The molecule has 25 heavy (non-hydrogen) atoms. The van der Waals surface area contributed by atoms with Gasteiger partial charge in [0.25, 0.3) is 0 Å². The summed E-state index contributed by atoms with van der Waals surface area (Å²) in [5, 5.41) is 1.02. The monoisotopic (exact) mass is 331 g/mol. The molecule has 2 heterocycles. The number of hydrogen-bond donors (Lipinski definition) is 0. The van der Waals surface area contributed by atoms with Gasteiger partial charge >= 0.3 is 0 Å². The van der Waals surface area contributed by atoms with E-state index in [1.807, 2.05) is 19.1 Å². The molecule has 0 saturated heterocycles. The Balaban J connectivity index is 1.87. The zero-order chi connectivity index (χ0) is 17.6. The standard InChI is InChI=1S/C21H21N3O/c1-13-9-10-19-18(11-13)20(23-21-22-15(3)16(4)24(19)21)25-12-17-8-6-5-7-14(17)2/h5-11H,12H2,1-4H3. The minimum atomic E-state index is 0.498. The quantitative estimate of drug-likeness (QED) is 0.546. The lowest BCUT2D eigenvalue weighted by atomic mass is 10.1. The maximum absolute atomic E-state index is 6.13. The summed E-state index contributed by atoms with van der Waals surface area (Å²) in [7, 11) is 0. The maximum Gasteiger partial charge on any atom is 0.238 e. The van der Waals surface area contributed by atoms with Crippen molar-refractivity contribution in [3.8, 4) is 5.88 Å². The second kappa shape index (κ2) is 5.88. The first kappa shape index (κ1) is 15.6. The topological polar surface area (TPSA) is 39.4 Å². The summed E-state index contributed by atoms with van der Waals surface area (Å²) in [5.41, 5.74) is 6.75. The maximum atomic E-state index is 6.13. The van der Waals surface area contributed by atoms with Crippen LogP contribution in [0.3, 0.4) is 0 Å². The van der Waals surface area contributed by atoms with Gasteiger partial charge < -0.3 is 4.74 Å². The highest BCUT2D eigenvalue weighted by Crippen LogP contribution is 2.28. The molecular formula is C21H21N3O. The summed E-state index contributed by atoms with van der Waals surface area (Å²) in [6, 6.07) is 14.6. The van der Waals surface area contributed by atoms with E-state index in [9.17, 15) is 0 Å². The Bertz CT molecular complexity index is 1100. The van der Waals surface area contributed by atoms with E-state index in [0.717, 1.165) is 22.3 Å². The van der Waals surface area contributed by atoms with Crippen LogP contribution in [0.25, 0.3) is 16.7 Å². The number of rotatable bonds is 3. The van der Waals surface area contributed by atoms with E-state index < -0.39 is 0 Å². The van der Waals surface area contributed by atoms with Crippen molar-refractivity contribution < 1.29 is 4.74 Å². The van der Waals surface area contributed by atoms with Crippen LogP contribution in [0.1, 0.15) is 28.1 Å². The molecule has 0 aliphatic heterocycles. The van der Waals surface area contributed by atoms with E-state index >= 15 is 0 Å². The largest absolute Gasteiger partial charge is 0.472 e. The first-order valence-electron chi connectivity index (χ1n) is 8.48. The van der Waals surface area contributed by atoms with Crippen LogP contribution in [0.2, 0.25) is 0 Å². The van der Waals surface area contributed by atoms with Crippen LogP contribution in [-0.4, -0.2) is 14.4 Å². The van der Waals surface area contributed by atoms with E-state index in [0.29, 0.717) is 18.3 Å². The van der Waals surface area contributed by atoms with Gasteiger partial charge in [-0.05, 0) is 51.0 Å². The molecular weight excluding hydrogens is 310 g/mol. The molecule has 0 amide bonds. The Morgan fingerprint density at radius 3 is 2.56 bits per heavy atom. The Hall–Kier alpha value is -2.88. The van der Waals surface area contributed by atoms with E-state index in [2.05, 4.69) is 60.5 Å². The molecule has 0 aliphatic rings. The predicted octanol–water partition coefficient (Wildman–Crippen LogP) is 4.70. The second-order valence-electron chi connectivity index (χ2n) is 6.57. The fraction of sp³-hybridized carbons (Fsp3) is 0.238. The molecule has 4 heteroatoms. The van der Waals surface area contributed by atoms with Crippen molar-refractivity contribution in [1.29, 1.82) is 0 Å². The summed E-state index contributed by atoms with van der Waals surface area (Å²) in [6.45, 7) is 8.76. The number of benzene rings is 2. The zero-order valence-electron chi connectivity index (χ0n) is 15.0. The molecule has 0 atom stereocenters. The number of hydrogen-bond acceptors (Lipinski definition) is 3. The average molecular weight is 331 g/mol. The summed E-state index contributed by atoms with van der Waals surface area (Å²) >= 11 is 0. The van der Waals surface area contributed by atoms with Crippen molar-refractivity contribution in [2.24, 2.45) is 0 Å². The van der Waals surface area contributed by atoms with Gasteiger partial charge in [-0.15, -0.1) is 0 Å².